The van der Waals surface area contributed by atoms with Crippen molar-refractivity contribution in [2.45, 2.75) is 29.7 Å². The number of benzene rings is 3. The molecule has 39 heavy (non-hydrogen) atoms. The second-order valence-corrected chi connectivity index (χ2v) is 11.4. The molecule has 0 saturated carbocycles. The molecule has 2 aliphatic heterocycles. The Bertz CT molecular complexity index is 1450. The lowest BCUT2D eigenvalue weighted by atomic mass is 9.88. The molecule has 5 rings (SSSR count). The Morgan fingerprint density at radius 2 is 1.56 bits per heavy atom. The van der Waals surface area contributed by atoms with Crippen molar-refractivity contribution >= 4 is 27.6 Å². The molecule has 0 aliphatic carbocycles. The first kappa shape index (κ1) is 26.6. The summed E-state index contributed by atoms with van der Waals surface area (Å²) in [6, 6.07) is 20.8. The normalized spacial score (nSPS) is 18.4. The van der Waals surface area contributed by atoms with Crippen molar-refractivity contribution in [1.82, 2.24) is 9.21 Å². The van der Waals surface area contributed by atoms with Crippen LogP contribution in [0, 0.1) is 0 Å². The average Bonchev–Trinajstić information content (AvgIpc) is 3.35. The predicted molar refractivity (Wildman–Crippen MR) is 147 cm³/mol. The summed E-state index contributed by atoms with van der Waals surface area (Å²) in [6.07, 6.45) is 1.48. The highest BCUT2D eigenvalue weighted by Crippen LogP contribution is 2.36. The molecule has 1 atom stereocenters. The molecule has 9 nitrogen and oxygen atoms in total. The van der Waals surface area contributed by atoms with Crippen LogP contribution in [-0.4, -0.2) is 69.5 Å². The van der Waals surface area contributed by atoms with Crippen LogP contribution in [0.15, 0.2) is 83.8 Å². The van der Waals surface area contributed by atoms with Gasteiger partial charge in [0, 0.05) is 24.8 Å². The second-order valence-electron chi connectivity index (χ2n) is 9.56. The number of nitrogens with zero attached hydrogens (tertiary/aromatic N) is 3. The van der Waals surface area contributed by atoms with Crippen LogP contribution in [0.2, 0.25) is 0 Å². The van der Waals surface area contributed by atoms with Crippen LogP contribution >= 0.6 is 0 Å². The van der Waals surface area contributed by atoms with Gasteiger partial charge in [-0.2, -0.15) is 0 Å². The fourth-order valence-electron chi connectivity index (χ4n) is 5.35. The van der Waals surface area contributed by atoms with E-state index in [0.29, 0.717) is 24.5 Å². The quantitative estimate of drug-likeness (QED) is 0.440. The molecule has 0 spiro atoms. The number of urea groups is 1. The van der Waals surface area contributed by atoms with Crippen molar-refractivity contribution in [3.8, 4) is 11.5 Å². The first-order chi connectivity index (χ1) is 18.8. The summed E-state index contributed by atoms with van der Waals surface area (Å²) in [5.74, 6) is 1.16. The summed E-state index contributed by atoms with van der Waals surface area (Å²) in [7, 11) is -1.14. The van der Waals surface area contributed by atoms with Crippen LogP contribution < -0.4 is 14.4 Å². The van der Waals surface area contributed by atoms with Crippen LogP contribution in [0.1, 0.15) is 24.3 Å². The third-order valence-electron chi connectivity index (χ3n) is 7.40. The molecular formula is C29H31N3O6S. The lowest BCUT2D eigenvalue weighted by Crippen LogP contribution is -2.50. The Balaban J connectivity index is 1.40. The molecule has 10 heteroatoms. The first-order valence-electron chi connectivity index (χ1n) is 12.8. The number of rotatable bonds is 7. The summed E-state index contributed by atoms with van der Waals surface area (Å²) < 4.78 is 38.7. The summed E-state index contributed by atoms with van der Waals surface area (Å²) in [4.78, 5) is 30.5. The number of carbonyl (C=O) groups is 2. The molecule has 2 fully saturated rings. The van der Waals surface area contributed by atoms with Gasteiger partial charge in [-0.15, -0.1) is 0 Å². The molecule has 0 N–H and O–H groups in total. The lowest BCUT2D eigenvalue weighted by molar-refractivity contribution is -0.133. The Hall–Kier alpha value is -4.05. The molecular weight excluding hydrogens is 518 g/mol. The van der Waals surface area contributed by atoms with Gasteiger partial charge in [-0.1, -0.05) is 42.5 Å². The zero-order valence-corrected chi connectivity index (χ0v) is 22.7. The van der Waals surface area contributed by atoms with Gasteiger partial charge in [-0.3, -0.25) is 9.69 Å². The second kappa shape index (κ2) is 11.0. The van der Waals surface area contributed by atoms with Gasteiger partial charge in [-0.05, 0) is 54.7 Å². The Morgan fingerprint density at radius 1 is 0.872 bits per heavy atom. The van der Waals surface area contributed by atoms with E-state index in [1.807, 2.05) is 18.2 Å². The Kier molecular flexibility index (Phi) is 7.47. The highest BCUT2D eigenvalue weighted by Gasteiger charge is 2.49. The van der Waals surface area contributed by atoms with Crippen LogP contribution in [0.5, 0.6) is 11.5 Å². The summed E-state index contributed by atoms with van der Waals surface area (Å²) >= 11 is 0. The van der Waals surface area contributed by atoms with Gasteiger partial charge < -0.3 is 14.4 Å². The number of amides is 3. The highest BCUT2D eigenvalue weighted by molar-refractivity contribution is 7.89. The number of sulfonamides is 1. The molecule has 0 unspecified atom stereocenters. The molecule has 0 radical (unpaired) electrons. The monoisotopic (exact) mass is 549 g/mol. The minimum absolute atomic E-state index is 0.0751. The lowest BCUT2D eigenvalue weighted by Gasteiger charge is -2.35. The standard InChI is InChI=1S/C29H31N3O6S/c1-37-23-11-8-12-24(19-23)39(35,36)31-20-26(32(29(31)34)22-9-4-3-5-10-22)28(33)30-17-15-21(16-18-30)25-13-6-7-14-27(25)38-2/h3-14,19,21,26H,15-18,20H2,1-2H3/t26-/m0/s1. The van der Waals surface area contributed by atoms with Crippen molar-refractivity contribution < 1.29 is 27.5 Å². The molecule has 204 valence electrons. The Morgan fingerprint density at radius 3 is 2.26 bits per heavy atom. The van der Waals surface area contributed by atoms with Crippen LogP contribution in [-0.2, 0) is 14.8 Å². The minimum Gasteiger partial charge on any atom is -0.497 e. The van der Waals surface area contributed by atoms with Crippen LogP contribution in [0.4, 0.5) is 10.5 Å². The molecule has 0 bridgehead atoms. The number of hydrogen-bond donors (Lipinski definition) is 0. The molecule has 0 aromatic heterocycles. The van der Waals surface area contributed by atoms with E-state index in [1.165, 1.54) is 24.1 Å². The zero-order valence-electron chi connectivity index (χ0n) is 21.9. The zero-order chi connectivity index (χ0) is 27.6. The van der Waals surface area contributed by atoms with Gasteiger partial charge in [0.25, 0.3) is 10.0 Å². The summed E-state index contributed by atoms with van der Waals surface area (Å²) in [6.45, 7) is 0.716. The number of anilines is 1. The topological polar surface area (TPSA) is 96.5 Å². The van der Waals surface area contributed by atoms with Crippen molar-refractivity contribution in [3.05, 3.63) is 84.4 Å². The van der Waals surface area contributed by atoms with Gasteiger partial charge in [0.2, 0.25) is 5.91 Å². The average molecular weight is 550 g/mol. The van der Waals surface area contributed by atoms with Crippen LogP contribution in [0.3, 0.4) is 0 Å². The maximum Gasteiger partial charge on any atom is 0.339 e. The fraction of sp³-hybridized carbons (Fsp3) is 0.310. The number of para-hydroxylation sites is 2. The van der Waals surface area contributed by atoms with Crippen LogP contribution in [0.25, 0.3) is 0 Å². The number of carbonyl (C=O) groups excluding carboxylic acids is 2. The van der Waals surface area contributed by atoms with Gasteiger partial charge in [0.1, 0.15) is 17.5 Å². The maximum absolute atomic E-state index is 13.9. The van der Waals surface area contributed by atoms with Crippen molar-refractivity contribution in [2.24, 2.45) is 0 Å². The molecule has 2 aliphatic rings. The minimum atomic E-state index is -4.23. The van der Waals surface area contributed by atoms with Crippen molar-refractivity contribution in [1.29, 1.82) is 0 Å². The Labute approximate surface area is 228 Å². The van der Waals surface area contributed by atoms with E-state index < -0.39 is 22.1 Å². The first-order valence-corrected chi connectivity index (χ1v) is 14.3. The van der Waals surface area contributed by atoms with E-state index in [1.54, 1.807) is 54.5 Å². The van der Waals surface area contributed by atoms with Crippen molar-refractivity contribution in [3.63, 3.8) is 0 Å². The van der Waals surface area contributed by atoms with Gasteiger partial charge in [-0.25, -0.2) is 17.5 Å². The van der Waals surface area contributed by atoms with Gasteiger partial charge >= 0.3 is 6.03 Å². The van der Waals surface area contributed by atoms with E-state index >= 15 is 0 Å². The summed E-state index contributed by atoms with van der Waals surface area (Å²) in [5.41, 5.74) is 1.58. The molecule has 3 aromatic rings. The molecule has 3 amide bonds. The van der Waals surface area contributed by atoms with Gasteiger partial charge in [0.15, 0.2) is 0 Å². The van der Waals surface area contributed by atoms with Gasteiger partial charge in [0.05, 0.1) is 25.7 Å². The fourth-order valence-corrected chi connectivity index (χ4v) is 6.75. The largest absolute Gasteiger partial charge is 0.497 e. The third-order valence-corrected chi connectivity index (χ3v) is 9.14. The predicted octanol–water partition coefficient (Wildman–Crippen LogP) is 4.11. The van der Waals surface area contributed by atoms with E-state index in [4.69, 9.17) is 9.47 Å². The number of hydrogen-bond acceptors (Lipinski definition) is 6. The summed E-state index contributed by atoms with van der Waals surface area (Å²) in [5, 5.41) is 0. The molecule has 3 aromatic carbocycles. The highest BCUT2D eigenvalue weighted by atomic mass is 32.2. The number of ether oxygens (including phenoxy) is 2. The molecule has 2 heterocycles. The SMILES string of the molecule is COc1cccc(S(=O)(=O)N2C[C@@H](C(=O)N3CCC(c4ccccc4OC)CC3)N(c3ccccc3)C2=O)c1. The third kappa shape index (κ3) is 5.04. The number of methoxy groups -OCH3 is 2. The van der Waals surface area contributed by atoms with E-state index in [2.05, 4.69) is 6.07 Å². The van der Waals surface area contributed by atoms with E-state index in [9.17, 15) is 18.0 Å². The maximum atomic E-state index is 13.9. The van der Waals surface area contributed by atoms with Crippen molar-refractivity contribution in [2.75, 3.05) is 38.8 Å². The number of piperidine rings is 1. The van der Waals surface area contributed by atoms with E-state index in [-0.39, 0.29) is 23.3 Å². The van der Waals surface area contributed by atoms with E-state index in [0.717, 1.165) is 28.5 Å². The smallest absolute Gasteiger partial charge is 0.339 e. The number of likely N-dealkylation sites (tertiary alicyclic amines) is 1. The molecule has 2 saturated heterocycles.